The van der Waals surface area contributed by atoms with Gasteiger partial charge in [0.25, 0.3) is 0 Å². The summed E-state index contributed by atoms with van der Waals surface area (Å²) in [6, 6.07) is 16.7. The lowest BCUT2D eigenvalue weighted by Crippen LogP contribution is -2.59. The molecule has 0 saturated carbocycles. The topological polar surface area (TPSA) is 310 Å². The number of amides is 11. The van der Waals surface area contributed by atoms with Crippen LogP contribution in [0.25, 0.3) is 0 Å². The Morgan fingerprint density at radius 3 is 1.66 bits per heavy atom. The first kappa shape index (κ1) is 70.3. The van der Waals surface area contributed by atoms with Crippen molar-refractivity contribution < 1.29 is 57.8 Å². The van der Waals surface area contributed by atoms with Crippen LogP contribution in [-0.4, -0.2) is 197 Å². The van der Waals surface area contributed by atoms with Crippen LogP contribution in [0.1, 0.15) is 97.8 Å². The van der Waals surface area contributed by atoms with Gasteiger partial charge in [0.15, 0.2) is 0 Å². The molecule has 1 aliphatic rings. The summed E-state index contributed by atoms with van der Waals surface area (Å²) in [6.45, 7) is 13.1. The zero-order chi connectivity index (χ0) is 64.1. The maximum atomic E-state index is 14.9. The molecule has 0 aliphatic carbocycles. The molecular formula is C63H91N11O12. The smallest absolute Gasteiger partial charge is 0.247 e. The number of benzene rings is 3. The van der Waals surface area contributed by atoms with Crippen LogP contribution in [0.3, 0.4) is 0 Å². The minimum atomic E-state index is -1.96. The standard InChI is InChI=1S/C63H91N11O12/c1-38(2)32-49-61(84)72(11)43(8)60(83)70(9)37-52(75)65-41(6)59(82)73(12)51(35-46-28-20-15-21-29-46)63(86)71(10)42(7)56(79)66-40(5)55(78)68-50(34-45-26-18-14-19-27-45)62(85)74(36-39(3)4)31-23-22-30-48(58(81)69-49)67-57(80)47(53(76)54(64)77)33-44-24-16-13-17-25-44/h13-21,24-29,38-43,47-51,53,76H,22-23,30-37H2,1-12H3,(H2,64,77)(H,65,75)(H,66,79)(H,67,80)(H,68,78)(H,69,81)/t40-,41-,42-,43-,47-,48-,49-,50-,51-,53-/m0/s1. The number of likely N-dealkylation sites (N-methyl/N-ethyl adjacent to an activating group) is 4. The van der Waals surface area contributed by atoms with Gasteiger partial charge in [-0.05, 0) is 88.3 Å². The molecule has 3 aromatic carbocycles. The largest absolute Gasteiger partial charge is 0.382 e. The molecule has 1 heterocycles. The molecule has 1 saturated heterocycles. The molecule has 23 nitrogen and oxygen atoms in total. The van der Waals surface area contributed by atoms with Crippen molar-refractivity contribution in [2.45, 2.75) is 155 Å². The average Bonchev–Trinajstić information content (AvgIpc) is 3.69. The van der Waals surface area contributed by atoms with E-state index in [1.807, 2.05) is 45.9 Å². The Labute approximate surface area is 505 Å². The highest BCUT2D eigenvalue weighted by molar-refractivity contribution is 5.98. The number of carbonyl (C=O) groups excluding carboxylic acids is 11. The van der Waals surface area contributed by atoms with E-state index in [4.69, 9.17) is 5.73 Å². The second-order valence-corrected chi connectivity index (χ2v) is 23.4. The van der Waals surface area contributed by atoms with Crippen molar-refractivity contribution in [1.29, 1.82) is 0 Å². The Kier molecular flexibility index (Phi) is 27.4. The number of primary amides is 1. The van der Waals surface area contributed by atoms with E-state index in [0.717, 1.165) is 15.4 Å². The summed E-state index contributed by atoms with van der Waals surface area (Å²) in [6.07, 6.45) is -1.54. The van der Waals surface area contributed by atoms with Crippen molar-refractivity contribution in [3.05, 3.63) is 108 Å². The molecule has 86 heavy (non-hydrogen) atoms. The Morgan fingerprint density at radius 1 is 0.581 bits per heavy atom. The van der Waals surface area contributed by atoms with E-state index in [0.29, 0.717) is 11.1 Å². The second kappa shape index (κ2) is 33.5. The van der Waals surface area contributed by atoms with Gasteiger partial charge >= 0.3 is 0 Å². The van der Waals surface area contributed by atoms with Gasteiger partial charge in [-0.3, -0.25) is 52.7 Å². The number of aliphatic hydroxyl groups is 1. The molecule has 4 rings (SSSR count). The van der Waals surface area contributed by atoms with Crippen molar-refractivity contribution in [3.63, 3.8) is 0 Å². The Morgan fingerprint density at radius 2 is 1.12 bits per heavy atom. The van der Waals surface area contributed by atoms with Gasteiger partial charge in [-0.1, -0.05) is 119 Å². The molecule has 23 heteroatoms. The minimum Gasteiger partial charge on any atom is -0.382 e. The Balaban J connectivity index is 1.79. The van der Waals surface area contributed by atoms with Crippen molar-refractivity contribution in [2.24, 2.45) is 23.5 Å². The molecule has 11 amide bonds. The highest BCUT2D eigenvalue weighted by atomic mass is 16.3. The average molecular weight is 1190 g/mol. The lowest BCUT2D eigenvalue weighted by atomic mass is 9.92. The van der Waals surface area contributed by atoms with Crippen LogP contribution in [0.5, 0.6) is 0 Å². The van der Waals surface area contributed by atoms with E-state index in [1.54, 1.807) is 77.7 Å². The van der Waals surface area contributed by atoms with Gasteiger partial charge in [-0.15, -0.1) is 0 Å². The van der Waals surface area contributed by atoms with Gasteiger partial charge in [-0.25, -0.2) is 0 Å². The van der Waals surface area contributed by atoms with Gasteiger partial charge in [0, 0.05) is 54.1 Å². The van der Waals surface area contributed by atoms with Crippen LogP contribution in [0.4, 0.5) is 0 Å². The number of hydrogen-bond donors (Lipinski definition) is 7. The molecule has 10 atom stereocenters. The van der Waals surface area contributed by atoms with Crippen molar-refractivity contribution in [1.82, 2.24) is 51.1 Å². The summed E-state index contributed by atoms with van der Waals surface area (Å²) < 4.78 is 0. The Hall–Kier alpha value is -8.21. The molecule has 1 aliphatic heterocycles. The normalized spacial score (nSPS) is 23.9. The number of aliphatic hydroxyl groups excluding tert-OH is 1. The van der Waals surface area contributed by atoms with Crippen LogP contribution in [0.2, 0.25) is 0 Å². The van der Waals surface area contributed by atoms with E-state index < -0.39 is 132 Å². The van der Waals surface area contributed by atoms with E-state index >= 15 is 0 Å². The first-order valence-electron chi connectivity index (χ1n) is 29.5. The number of nitrogens with zero attached hydrogens (tertiary/aromatic N) is 5. The zero-order valence-electron chi connectivity index (χ0n) is 51.9. The SMILES string of the molecule is CC(C)C[C@@H]1NC(=O)[C@@H](NC(=O)[C@@H](Cc2ccccc2)[C@H](O)C(N)=O)CCCCN(CC(C)C)C(=O)[C@H](Cc2ccccc2)NC(=O)[C@H](C)NC(=O)[C@H](C)N(C)C(=O)[C@H](Cc2ccccc2)N(C)C(=O)[C@H](C)NC(=O)CN(C)C(=O)[C@H](C)N(C)C1=O. The first-order chi connectivity index (χ1) is 40.5. The summed E-state index contributed by atoms with van der Waals surface area (Å²) in [7, 11) is 5.51. The van der Waals surface area contributed by atoms with Crippen molar-refractivity contribution in [2.75, 3.05) is 47.8 Å². The van der Waals surface area contributed by atoms with Crippen LogP contribution in [-0.2, 0) is 72.0 Å². The van der Waals surface area contributed by atoms with Crippen LogP contribution >= 0.6 is 0 Å². The summed E-state index contributed by atoms with van der Waals surface area (Å²) in [5.41, 5.74) is 7.55. The van der Waals surface area contributed by atoms with Crippen LogP contribution in [0, 0.1) is 17.8 Å². The highest BCUT2D eigenvalue weighted by Gasteiger charge is 2.39. The molecule has 1 fully saturated rings. The van der Waals surface area contributed by atoms with E-state index in [1.165, 1.54) is 65.7 Å². The molecule has 0 aromatic heterocycles. The second-order valence-electron chi connectivity index (χ2n) is 23.4. The van der Waals surface area contributed by atoms with Gasteiger partial charge in [0.1, 0.15) is 54.4 Å². The van der Waals surface area contributed by atoms with E-state index in [2.05, 4.69) is 26.6 Å². The quantitative estimate of drug-likeness (QED) is 0.120. The van der Waals surface area contributed by atoms with E-state index in [-0.39, 0.29) is 69.9 Å². The summed E-state index contributed by atoms with van der Waals surface area (Å²) in [5.74, 6) is -9.77. The molecule has 0 spiro atoms. The fourth-order valence-corrected chi connectivity index (χ4v) is 10.1. The molecular weight excluding hydrogens is 1100 g/mol. The molecule has 0 bridgehead atoms. The monoisotopic (exact) mass is 1190 g/mol. The Bertz CT molecular complexity index is 2810. The summed E-state index contributed by atoms with van der Waals surface area (Å²) >= 11 is 0. The number of nitrogens with one attached hydrogen (secondary N) is 5. The fraction of sp³-hybridized carbons (Fsp3) is 0.540. The van der Waals surface area contributed by atoms with Crippen LogP contribution in [0.15, 0.2) is 91.0 Å². The molecule has 0 radical (unpaired) electrons. The predicted octanol–water partition coefficient (Wildman–Crippen LogP) is 1.33. The van der Waals surface area contributed by atoms with Gasteiger partial charge in [0.05, 0.1) is 12.5 Å². The predicted molar refractivity (Wildman–Crippen MR) is 324 cm³/mol. The van der Waals surface area contributed by atoms with E-state index in [9.17, 15) is 57.8 Å². The van der Waals surface area contributed by atoms with Crippen LogP contribution < -0.4 is 32.3 Å². The zero-order valence-corrected chi connectivity index (χ0v) is 51.9. The number of rotatable bonds is 14. The summed E-state index contributed by atoms with van der Waals surface area (Å²) in [4.78, 5) is 162. The molecule has 470 valence electrons. The number of nitrogens with two attached hydrogens (primary N) is 1. The number of carbonyl (C=O) groups is 11. The first-order valence-corrected chi connectivity index (χ1v) is 29.5. The van der Waals surface area contributed by atoms with Crippen molar-refractivity contribution >= 4 is 65.0 Å². The van der Waals surface area contributed by atoms with Gasteiger partial charge < -0.3 is 61.9 Å². The highest BCUT2D eigenvalue weighted by Crippen LogP contribution is 2.19. The molecule has 8 N–H and O–H groups in total. The lowest BCUT2D eigenvalue weighted by molar-refractivity contribution is -0.148. The third kappa shape index (κ3) is 20.8. The summed E-state index contributed by atoms with van der Waals surface area (Å²) in [5, 5.41) is 24.7. The van der Waals surface area contributed by atoms with Gasteiger partial charge in [-0.2, -0.15) is 0 Å². The maximum absolute atomic E-state index is 14.9. The third-order valence-corrected chi connectivity index (χ3v) is 15.5. The third-order valence-electron chi connectivity index (χ3n) is 15.5. The lowest BCUT2D eigenvalue weighted by Gasteiger charge is -2.35. The molecule has 0 unspecified atom stereocenters. The van der Waals surface area contributed by atoms with Gasteiger partial charge in [0.2, 0.25) is 65.0 Å². The maximum Gasteiger partial charge on any atom is 0.247 e. The number of hydrogen-bond acceptors (Lipinski definition) is 12. The van der Waals surface area contributed by atoms with Crippen molar-refractivity contribution in [3.8, 4) is 0 Å². The molecule has 3 aromatic rings. The fourth-order valence-electron chi connectivity index (χ4n) is 10.1. The minimum absolute atomic E-state index is 0.0178.